The zero-order valence-corrected chi connectivity index (χ0v) is 14.3. The summed E-state index contributed by atoms with van der Waals surface area (Å²) in [7, 11) is 0. The van der Waals surface area contributed by atoms with Gasteiger partial charge in [-0.2, -0.15) is 0 Å². The fourth-order valence-corrected chi connectivity index (χ4v) is 3.41. The number of aryl methyl sites for hydroxylation is 1. The highest BCUT2D eigenvalue weighted by Crippen LogP contribution is 2.33. The van der Waals surface area contributed by atoms with Gasteiger partial charge >= 0.3 is 0 Å². The summed E-state index contributed by atoms with van der Waals surface area (Å²) >= 11 is 1.56. The van der Waals surface area contributed by atoms with Gasteiger partial charge < -0.3 is 9.73 Å². The van der Waals surface area contributed by atoms with E-state index in [0.29, 0.717) is 5.75 Å². The second-order valence-corrected chi connectivity index (χ2v) is 6.63. The SMILES string of the molecule is Cc1ccc(NC(=O)[C@H](SCc2ccco2)c2ccccc2)cc1. The minimum absolute atomic E-state index is 0.0263. The molecule has 0 spiro atoms. The second-order valence-electron chi connectivity index (χ2n) is 5.54. The van der Waals surface area contributed by atoms with Crippen molar-refractivity contribution >= 4 is 23.4 Å². The molecule has 1 aromatic heterocycles. The van der Waals surface area contributed by atoms with Crippen molar-refractivity contribution in [1.82, 2.24) is 0 Å². The summed E-state index contributed by atoms with van der Waals surface area (Å²) in [5.74, 6) is 1.49. The first-order valence-corrected chi connectivity index (χ1v) is 8.84. The highest BCUT2D eigenvalue weighted by molar-refractivity contribution is 7.99. The zero-order valence-electron chi connectivity index (χ0n) is 13.4. The van der Waals surface area contributed by atoms with Crippen molar-refractivity contribution in [3.05, 3.63) is 89.9 Å². The van der Waals surface area contributed by atoms with Crippen LogP contribution in [0.25, 0.3) is 0 Å². The smallest absolute Gasteiger partial charge is 0.242 e. The molecule has 1 amide bonds. The Kier molecular flexibility index (Phi) is 5.39. The Labute approximate surface area is 146 Å². The molecule has 0 aliphatic rings. The molecule has 4 heteroatoms. The van der Waals surface area contributed by atoms with Gasteiger partial charge in [0.1, 0.15) is 11.0 Å². The van der Waals surface area contributed by atoms with Crippen LogP contribution in [-0.2, 0) is 10.5 Å². The molecular formula is C20H19NO2S. The first-order chi connectivity index (χ1) is 11.7. The predicted molar refractivity (Wildman–Crippen MR) is 99.0 cm³/mol. The molecule has 0 fully saturated rings. The van der Waals surface area contributed by atoms with Gasteiger partial charge in [0.15, 0.2) is 0 Å². The molecule has 0 radical (unpaired) electrons. The predicted octanol–water partition coefficient (Wildman–Crippen LogP) is 5.20. The van der Waals surface area contributed by atoms with Gasteiger partial charge in [-0.15, -0.1) is 11.8 Å². The van der Waals surface area contributed by atoms with Gasteiger partial charge in [-0.05, 0) is 36.8 Å². The van der Waals surface area contributed by atoms with Crippen LogP contribution in [0.5, 0.6) is 0 Å². The van der Waals surface area contributed by atoms with E-state index in [-0.39, 0.29) is 11.2 Å². The Morgan fingerprint density at radius 3 is 2.46 bits per heavy atom. The van der Waals surface area contributed by atoms with Gasteiger partial charge in [-0.25, -0.2) is 0 Å². The first-order valence-electron chi connectivity index (χ1n) is 7.79. The van der Waals surface area contributed by atoms with Gasteiger partial charge in [0.25, 0.3) is 0 Å². The van der Waals surface area contributed by atoms with Crippen LogP contribution < -0.4 is 5.32 Å². The normalized spacial score (nSPS) is 11.9. The zero-order chi connectivity index (χ0) is 16.8. The van der Waals surface area contributed by atoms with Crippen LogP contribution in [0.2, 0.25) is 0 Å². The summed E-state index contributed by atoms with van der Waals surface area (Å²) in [4.78, 5) is 12.8. The molecule has 2 aromatic carbocycles. The third-order valence-corrected chi connectivity index (χ3v) is 4.90. The minimum Gasteiger partial charge on any atom is -0.468 e. The molecule has 3 nitrogen and oxygen atoms in total. The quantitative estimate of drug-likeness (QED) is 0.672. The molecule has 0 bridgehead atoms. The number of amides is 1. The second kappa shape index (κ2) is 7.88. The van der Waals surface area contributed by atoms with E-state index in [4.69, 9.17) is 4.42 Å². The summed E-state index contributed by atoms with van der Waals surface area (Å²) in [6, 6.07) is 21.4. The highest BCUT2D eigenvalue weighted by atomic mass is 32.2. The van der Waals surface area contributed by atoms with Crippen LogP contribution in [0.1, 0.15) is 22.1 Å². The molecule has 0 aliphatic carbocycles. The van der Waals surface area contributed by atoms with Crippen molar-refractivity contribution in [2.45, 2.75) is 17.9 Å². The number of nitrogens with one attached hydrogen (secondary N) is 1. The molecule has 0 saturated heterocycles. The van der Waals surface area contributed by atoms with Gasteiger partial charge in [-0.1, -0.05) is 48.0 Å². The molecule has 1 atom stereocenters. The summed E-state index contributed by atoms with van der Waals surface area (Å²) < 4.78 is 5.38. The van der Waals surface area contributed by atoms with Crippen molar-refractivity contribution in [2.24, 2.45) is 0 Å². The van der Waals surface area contributed by atoms with Gasteiger partial charge in [0.05, 0.1) is 12.0 Å². The van der Waals surface area contributed by atoms with E-state index in [1.807, 2.05) is 73.7 Å². The lowest BCUT2D eigenvalue weighted by Crippen LogP contribution is -2.19. The van der Waals surface area contributed by atoms with E-state index in [0.717, 1.165) is 17.0 Å². The summed E-state index contributed by atoms with van der Waals surface area (Å²) in [5.41, 5.74) is 2.96. The third kappa shape index (κ3) is 4.30. The van der Waals surface area contributed by atoms with Crippen molar-refractivity contribution in [3.63, 3.8) is 0 Å². The number of carbonyl (C=O) groups is 1. The van der Waals surface area contributed by atoms with Gasteiger partial charge in [0.2, 0.25) is 5.91 Å². The minimum atomic E-state index is -0.294. The summed E-state index contributed by atoms with van der Waals surface area (Å²) in [6.45, 7) is 2.03. The molecule has 3 aromatic rings. The average molecular weight is 337 g/mol. The van der Waals surface area contributed by atoms with Crippen LogP contribution in [0.15, 0.2) is 77.4 Å². The summed E-state index contributed by atoms with van der Waals surface area (Å²) in [6.07, 6.45) is 1.65. The topological polar surface area (TPSA) is 42.2 Å². The summed E-state index contributed by atoms with van der Waals surface area (Å²) in [5, 5.41) is 2.71. The maximum Gasteiger partial charge on any atom is 0.242 e. The van der Waals surface area contributed by atoms with E-state index < -0.39 is 0 Å². The fourth-order valence-electron chi connectivity index (χ4n) is 2.36. The first kappa shape index (κ1) is 16.4. The average Bonchev–Trinajstić information content (AvgIpc) is 3.12. The number of benzene rings is 2. The largest absolute Gasteiger partial charge is 0.468 e. The molecule has 24 heavy (non-hydrogen) atoms. The Morgan fingerprint density at radius 1 is 1.04 bits per heavy atom. The molecule has 0 saturated carbocycles. The van der Waals surface area contributed by atoms with E-state index in [2.05, 4.69) is 5.32 Å². The van der Waals surface area contributed by atoms with Crippen molar-refractivity contribution in [1.29, 1.82) is 0 Å². The monoisotopic (exact) mass is 337 g/mol. The molecular weight excluding hydrogens is 318 g/mol. The van der Waals surface area contributed by atoms with Crippen LogP contribution in [-0.4, -0.2) is 5.91 Å². The van der Waals surface area contributed by atoms with Crippen LogP contribution >= 0.6 is 11.8 Å². The van der Waals surface area contributed by atoms with Crippen LogP contribution in [0, 0.1) is 6.92 Å². The Morgan fingerprint density at radius 2 is 1.79 bits per heavy atom. The Balaban J connectivity index is 1.75. The Hall–Kier alpha value is -2.46. The standard InChI is InChI=1S/C20H19NO2S/c1-15-9-11-17(12-10-15)21-20(22)19(16-6-3-2-4-7-16)24-14-18-8-5-13-23-18/h2-13,19H,14H2,1H3,(H,21,22)/t19-/m1/s1. The van der Waals surface area contributed by atoms with Crippen molar-refractivity contribution < 1.29 is 9.21 Å². The van der Waals surface area contributed by atoms with Crippen molar-refractivity contribution in [3.8, 4) is 0 Å². The number of hydrogen-bond donors (Lipinski definition) is 1. The highest BCUT2D eigenvalue weighted by Gasteiger charge is 2.21. The van der Waals surface area contributed by atoms with Crippen LogP contribution in [0.3, 0.4) is 0 Å². The maximum atomic E-state index is 12.8. The van der Waals surface area contributed by atoms with E-state index in [1.165, 1.54) is 5.56 Å². The fraction of sp³-hybridized carbons (Fsp3) is 0.150. The Bertz CT molecular complexity index is 767. The molecule has 1 heterocycles. The molecule has 0 aliphatic heterocycles. The lowest BCUT2D eigenvalue weighted by molar-refractivity contribution is -0.115. The van der Waals surface area contributed by atoms with E-state index in [9.17, 15) is 4.79 Å². The van der Waals surface area contributed by atoms with Crippen molar-refractivity contribution in [2.75, 3.05) is 5.32 Å². The lowest BCUT2D eigenvalue weighted by Gasteiger charge is -2.16. The number of anilines is 1. The number of furan rings is 1. The number of rotatable bonds is 6. The molecule has 1 N–H and O–H groups in total. The van der Waals surface area contributed by atoms with E-state index >= 15 is 0 Å². The third-order valence-electron chi connectivity index (χ3n) is 3.63. The van der Waals surface area contributed by atoms with E-state index in [1.54, 1.807) is 18.0 Å². The maximum absolute atomic E-state index is 12.8. The number of carbonyl (C=O) groups excluding carboxylic acids is 1. The molecule has 3 rings (SSSR count). The van der Waals surface area contributed by atoms with Gasteiger partial charge in [0, 0.05) is 5.69 Å². The molecule has 122 valence electrons. The lowest BCUT2D eigenvalue weighted by atomic mass is 10.1. The van der Waals surface area contributed by atoms with Gasteiger partial charge in [-0.3, -0.25) is 4.79 Å². The number of thioether (sulfide) groups is 1. The number of hydrogen-bond acceptors (Lipinski definition) is 3. The van der Waals surface area contributed by atoms with Crippen LogP contribution in [0.4, 0.5) is 5.69 Å². The molecule has 0 unspecified atom stereocenters.